The monoisotopic (exact) mass is 239 g/mol. The van der Waals surface area contributed by atoms with Crippen molar-refractivity contribution >= 4 is 11.3 Å². The van der Waals surface area contributed by atoms with Gasteiger partial charge in [-0.15, -0.1) is 11.3 Å². The van der Waals surface area contributed by atoms with Gasteiger partial charge in [-0.2, -0.15) is 0 Å². The molecule has 0 aliphatic carbocycles. The van der Waals surface area contributed by atoms with E-state index in [0.717, 1.165) is 29.1 Å². The third-order valence-corrected chi connectivity index (χ3v) is 3.18. The zero-order valence-corrected chi connectivity index (χ0v) is 9.57. The van der Waals surface area contributed by atoms with Crippen LogP contribution in [0.5, 0.6) is 0 Å². The molecule has 2 rings (SSSR count). The molecule has 0 atom stereocenters. The zero-order chi connectivity index (χ0) is 11.5. The largest absolute Gasteiger partial charge is 0.315 e. The fraction of sp³-hybridized carbons (Fsp3) is 0.167. The van der Waals surface area contributed by atoms with Crippen LogP contribution in [0.4, 0.5) is 8.78 Å². The molecule has 2 aromatic rings. The van der Waals surface area contributed by atoms with E-state index in [1.807, 2.05) is 18.5 Å². The van der Waals surface area contributed by atoms with Gasteiger partial charge in [-0.25, -0.2) is 8.78 Å². The molecule has 16 heavy (non-hydrogen) atoms. The van der Waals surface area contributed by atoms with Crippen LogP contribution in [-0.4, -0.2) is 7.05 Å². The topological polar surface area (TPSA) is 12.0 Å². The van der Waals surface area contributed by atoms with Crippen LogP contribution in [0, 0.1) is 11.6 Å². The molecule has 0 radical (unpaired) electrons. The van der Waals surface area contributed by atoms with Gasteiger partial charge < -0.3 is 5.32 Å². The van der Waals surface area contributed by atoms with Crippen molar-refractivity contribution in [3.63, 3.8) is 0 Å². The number of benzene rings is 1. The van der Waals surface area contributed by atoms with Crippen molar-refractivity contribution in [2.75, 3.05) is 7.05 Å². The predicted octanol–water partition coefficient (Wildman–Crippen LogP) is 3.41. The minimum atomic E-state index is -0.419. The molecule has 1 heterocycles. The number of rotatable bonds is 3. The molecule has 0 spiro atoms. The van der Waals surface area contributed by atoms with E-state index >= 15 is 0 Å². The number of hydrogen-bond donors (Lipinski definition) is 1. The highest BCUT2D eigenvalue weighted by Gasteiger charge is 2.08. The molecule has 0 unspecified atom stereocenters. The molecule has 1 nitrogen and oxygen atoms in total. The van der Waals surface area contributed by atoms with Crippen LogP contribution in [0.3, 0.4) is 0 Å². The van der Waals surface area contributed by atoms with Crippen LogP contribution in [0.15, 0.2) is 29.6 Å². The second-order valence-electron chi connectivity index (χ2n) is 3.46. The van der Waals surface area contributed by atoms with Crippen molar-refractivity contribution in [3.05, 3.63) is 46.2 Å². The summed E-state index contributed by atoms with van der Waals surface area (Å²) in [6.07, 6.45) is 0. The van der Waals surface area contributed by atoms with Gasteiger partial charge in [0.15, 0.2) is 0 Å². The van der Waals surface area contributed by atoms with Gasteiger partial charge in [0.05, 0.1) is 0 Å². The summed E-state index contributed by atoms with van der Waals surface area (Å²) < 4.78 is 26.5. The lowest BCUT2D eigenvalue weighted by Crippen LogP contribution is -2.02. The Bertz CT molecular complexity index is 494. The smallest absolute Gasteiger partial charge is 0.131 e. The van der Waals surface area contributed by atoms with Gasteiger partial charge >= 0.3 is 0 Å². The first kappa shape index (κ1) is 11.2. The first-order chi connectivity index (χ1) is 7.70. The van der Waals surface area contributed by atoms with Crippen molar-refractivity contribution in [3.8, 4) is 11.1 Å². The van der Waals surface area contributed by atoms with E-state index in [9.17, 15) is 8.78 Å². The van der Waals surface area contributed by atoms with E-state index in [-0.39, 0.29) is 0 Å². The molecule has 0 amide bonds. The van der Waals surface area contributed by atoms with E-state index in [1.165, 1.54) is 17.4 Å². The highest BCUT2D eigenvalue weighted by atomic mass is 32.1. The normalized spacial score (nSPS) is 10.7. The lowest BCUT2D eigenvalue weighted by Gasteiger charge is -2.00. The van der Waals surface area contributed by atoms with Gasteiger partial charge in [0, 0.05) is 17.0 Å². The lowest BCUT2D eigenvalue weighted by molar-refractivity contribution is 0.603. The Balaban J connectivity index is 2.38. The molecular formula is C12H11F2NS. The maximum Gasteiger partial charge on any atom is 0.131 e. The predicted molar refractivity (Wildman–Crippen MR) is 62.4 cm³/mol. The van der Waals surface area contributed by atoms with Gasteiger partial charge in [0.1, 0.15) is 11.6 Å². The van der Waals surface area contributed by atoms with Crippen LogP contribution < -0.4 is 5.32 Å². The van der Waals surface area contributed by atoms with Gasteiger partial charge in [-0.1, -0.05) is 0 Å². The number of thiophene rings is 1. The van der Waals surface area contributed by atoms with Crippen LogP contribution in [0.1, 0.15) is 4.88 Å². The van der Waals surface area contributed by atoms with E-state index in [0.29, 0.717) is 5.56 Å². The fourth-order valence-corrected chi connectivity index (χ4v) is 2.40. The SMILES string of the molecule is CNCc1cc(-c2cc(F)ccc2F)cs1. The molecule has 84 valence electrons. The standard InChI is InChI=1S/C12H11F2NS/c1-15-6-10-4-8(7-16-10)11-5-9(13)2-3-12(11)14/h2-5,7,15H,6H2,1H3. The molecule has 0 saturated heterocycles. The van der Waals surface area contributed by atoms with E-state index in [4.69, 9.17) is 0 Å². The third kappa shape index (κ3) is 2.28. The number of halogens is 2. The summed E-state index contributed by atoms with van der Waals surface area (Å²) >= 11 is 1.53. The van der Waals surface area contributed by atoms with Gasteiger partial charge in [0.25, 0.3) is 0 Å². The Morgan fingerprint density at radius 3 is 2.81 bits per heavy atom. The molecule has 4 heteroatoms. The molecule has 0 saturated carbocycles. The first-order valence-electron chi connectivity index (χ1n) is 4.88. The minimum Gasteiger partial charge on any atom is -0.315 e. The molecule has 0 aliphatic heterocycles. The number of nitrogens with one attached hydrogen (secondary N) is 1. The van der Waals surface area contributed by atoms with Crippen LogP contribution in [-0.2, 0) is 6.54 Å². The van der Waals surface area contributed by atoms with Crippen molar-refractivity contribution in [2.24, 2.45) is 0 Å². The quantitative estimate of drug-likeness (QED) is 0.865. The summed E-state index contributed by atoms with van der Waals surface area (Å²) in [5.41, 5.74) is 1.05. The fourth-order valence-electron chi connectivity index (χ4n) is 1.51. The zero-order valence-electron chi connectivity index (χ0n) is 8.76. The van der Waals surface area contributed by atoms with E-state index in [2.05, 4.69) is 5.32 Å². The van der Waals surface area contributed by atoms with E-state index in [1.54, 1.807) is 0 Å². The highest BCUT2D eigenvalue weighted by Crippen LogP contribution is 2.28. The van der Waals surface area contributed by atoms with Gasteiger partial charge in [0.2, 0.25) is 0 Å². The summed E-state index contributed by atoms with van der Waals surface area (Å²) in [5, 5.41) is 4.86. The van der Waals surface area contributed by atoms with Crippen LogP contribution in [0.25, 0.3) is 11.1 Å². The minimum absolute atomic E-state index is 0.318. The molecule has 1 aromatic heterocycles. The summed E-state index contributed by atoms with van der Waals surface area (Å²) in [5.74, 6) is -0.812. The van der Waals surface area contributed by atoms with Crippen molar-refractivity contribution in [1.29, 1.82) is 0 Å². The second kappa shape index (κ2) is 4.72. The van der Waals surface area contributed by atoms with Gasteiger partial charge in [-0.05, 0) is 42.3 Å². The molecule has 0 bridgehead atoms. The Morgan fingerprint density at radius 2 is 2.06 bits per heavy atom. The van der Waals surface area contributed by atoms with Crippen LogP contribution in [0.2, 0.25) is 0 Å². The molecule has 1 N–H and O–H groups in total. The maximum atomic E-state index is 13.5. The first-order valence-corrected chi connectivity index (χ1v) is 5.76. The average Bonchev–Trinajstić information content (AvgIpc) is 2.71. The molecule has 0 fully saturated rings. The Hall–Kier alpha value is -1.26. The van der Waals surface area contributed by atoms with E-state index < -0.39 is 11.6 Å². The third-order valence-electron chi connectivity index (χ3n) is 2.24. The van der Waals surface area contributed by atoms with Gasteiger partial charge in [-0.3, -0.25) is 0 Å². The molecule has 1 aromatic carbocycles. The summed E-state index contributed by atoms with van der Waals surface area (Å²) in [6.45, 7) is 0.738. The average molecular weight is 239 g/mol. The van der Waals surface area contributed by atoms with Crippen molar-refractivity contribution < 1.29 is 8.78 Å². The summed E-state index contributed by atoms with van der Waals surface area (Å²) in [6, 6.07) is 5.37. The Morgan fingerprint density at radius 1 is 1.25 bits per heavy atom. The summed E-state index contributed by atoms with van der Waals surface area (Å²) in [7, 11) is 1.85. The van der Waals surface area contributed by atoms with Crippen molar-refractivity contribution in [1.82, 2.24) is 5.32 Å². The summed E-state index contributed by atoms with van der Waals surface area (Å²) in [4.78, 5) is 1.10. The second-order valence-corrected chi connectivity index (χ2v) is 4.45. The highest BCUT2D eigenvalue weighted by molar-refractivity contribution is 7.10. The molecule has 0 aliphatic rings. The Kier molecular flexibility index (Phi) is 3.31. The Labute approximate surface area is 96.7 Å². The molecular weight excluding hydrogens is 228 g/mol. The number of hydrogen-bond acceptors (Lipinski definition) is 2. The lowest BCUT2D eigenvalue weighted by atomic mass is 10.1. The maximum absolute atomic E-state index is 13.5. The van der Waals surface area contributed by atoms with Crippen LogP contribution >= 0.6 is 11.3 Å². The van der Waals surface area contributed by atoms with Crippen molar-refractivity contribution in [2.45, 2.75) is 6.54 Å².